The highest BCUT2D eigenvalue weighted by atomic mass is 15.2. The normalized spacial score (nSPS) is 16.2. The Morgan fingerprint density at radius 2 is 1.91 bits per heavy atom. The van der Waals surface area contributed by atoms with E-state index in [9.17, 15) is 0 Å². The fraction of sp³-hybridized carbons (Fsp3) is 0.889. The molecule has 1 aliphatic rings. The summed E-state index contributed by atoms with van der Waals surface area (Å²) >= 11 is 0. The van der Waals surface area contributed by atoms with E-state index in [4.69, 9.17) is 0 Å². The first-order valence-corrected chi connectivity index (χ1v) is 4.49. The molecule has 0 aromatic carbocycles. The molecule has 0 bridgehead atoms. The van der Waals surface area contributed by atoms with E-state index in [0.29, 0.717) is 6.04 Å². The topological polar surface area (TPSA) is 15.6 Å². The van der Waals surface area contributed by atoms with Crippen LogP contribution in [0.25, 0.3) is 0 Å². The summed E-state index contributed by atoms with van der Waals surface area (Å²) in [6.45, 7) is 12.6. The van der Waals surface area contributed by atoms with Crippen LogP contribution in [0.5, 0.6) is 0 Å². The minimum atomic E-state index is 0.622. The largest absolute Gasteiger partial charge is 0.356 e. The smallest absolute Gasteiger partial charge is 0.0961 e. The van der Waals surface area contributed by atoms with E-state index in [2.05, 4.69) is 30.7 Å². The molecule has 0 radical (unpaired) electrons. The Kier molecular flexibility index (Phi) is 4.92. The average Bonchev–Trinajstić information content (AvgIpc) is 2.39. The van der Waals surface area contributed by atoms with E-state index >= 15 is 0 Å². The third-order valence-electron chi connectivity index (χ3n) is 1.72. The van der Waals surface area contributed by atoms with Crippen LogP contribution in [0.2, 0.25) is 0 Å². The highest BCUT2D eigenvalue weighted by Gasteiger charge is 2.14. The summed E-state index contributed by atoms with van der Waals surface area (Å²) in [5, 5.41) is 0. The van der Waals surface area contributed by atoms with Crippen molar-refractivity contribution in [1.29, 1.82) is 0 Å². The van der Waals surface area contributed by atoms with Gasteiger partial charge in [-0.2, -0.15) is 0 Å². The molecule has 0 spiro atoms. The Bertz CT molecular complexity index is 128. The van der Waals surface area contributed by atoms with Gasteiger partial charge in [0.25, 0.3) is 0 Å². The second-order valence-corrected chi connectivity index (χ2v) is 2.72. The van der Waals surface area contributed by atoms with E-state index < -0.39 is 0 Å². The van der Waals surface area contributed by atoms with E-state index in [-0.39, 0.29) is 0 Å². The lowest BCUT2D eigenvalue weighted by atomic mass is 10.3. The van der Waals surface area contributed by atoms with Crippen molar-refractivity contribution in [3.8, 4) is 0 Å². The molecular formula is C9H20N2. The molecule has 0 saturated carbocycles. The van der Waals surface area contributed by atoms with Gasteiger partial charge in [0.15, 0.2) is 0 Å². The number of aliphatic imine (C=N–C) groups is 1. The Morgan fingerprint density at radius 1 is 1.36 bits per heavy atom. The predicted octanol–water partition coefficient (Wildman–Crippen LogP) is 2.16. The Morgan fingerprint density at radius 3 is 2.09 bits per heavy atom. The molecule has 0 fully saturated rings. The highest BCUT2D eigenvalue weighted by molar-refractivity contribution is 5.81. The first-order chi connectivity index (χ1) is 5.22. The SMILES string of the molecule is CC.CC1=NCCN1C(C)C. The summed E-state index contributed by atoms with van der Waals surface area (Å²) in [6, 6.07) is 0.622. The van der Waals surface area contributed by atoms with Gasteiger partial charge in [0.05, 0.1) is 12.4 Å². The molecule has 11 heavy (non-hydrogen) atoms. The fourth-order valence-electron chi connectivity index (χ4n) is 1.20. The average molecular weight is 156 g/mol. The molecule has 0 aliphatic carbocycles. The minimum Gasteiger partial charge on any atom is -0.356 e. The number of hydrogen-bond donors (Lipinski definition) is 0. The van der Waals surface area contributed by atoms with E-state index in [0.717, 1.165) is 13.1 Å². The van der Waals surface area contributed by atoms with Crippen LogP contribution >= 0.6 is 0 Å². The van der Waals surface area contributed by atoms with Gasteiger partial charge in [-0.3, -0.25) is 4.99 Å². The molecule has 2 heteroatoms. The van der Waals surface area contributed by atoms with Crippen molar-refractivity contribution in [2.75, 3.05) is 13.1 Å². The van der Waals surface area contributed by atoms with Gasteiger partial charge in [0, 0.05) is 12.6 Å². The van der Waals surface area contributed by atoms with Gasteiger partial charge < -0.3 is 4.90 Å². The molecule has 2 nitrogen and oxygen atoms in total. The van der Waals surface area contributed by atoms with Crippen molar-refractivity contribution in [3.05, 3.63) is 0 Å². The molecule has 0 atom stereocenters. The Balaban J connectivity index is 0.000000461. The lowest BCUT2D eigenvalue weighted by Gasteiger charge is -2.22. The van der Waals surface area contributed by atoms with E-state index in [1.165, 1.54) is 5.84 Å². The zero-order chi connectivity index (χ0) is 8.85. The predicted molar refractivity (Wildman–Crippen MR) is 51.2 cm³/mol. The van der Waals surface area contributed by atoms with Crippen molar-refractivity contribution >= 4 is 5.84 Å². The monoisotopic (exact) mass is 156 g/mol. The van der Waals surface area contributed by atoms with Crippen molar-refractivity contribution in [1.82, 2.24) is 4.90 Å². The van der Waals surface area contributed by atoms with Gasteiger partial charge in [-0.25, -0.2) is 0 Å². The maximum atomic E-state index is 4.28. The highest BCUT2D eigenvalue weighted by Crippen LogP contribution is 2.05. The maximum Gasteiger partial charge on any atom is 0.0961 e. The van der Waals surface area contributed by atoms with Crippen molar-refractivity contribution in [3.63, 3.8) is 0 Å². The van der Waals surface area contributed by atoms with Gasteiger partial charge in [0.1, 0.15) is 0 Å². The molecule has 66 valence electrons. The molecule has 0 amide bonds. The molecule has 0 saturated heterocycles. The van der Waals surface area contributed by atoms with E-state index in [1.54, 1.807) is 0 Å². The summed E-state index contributed by atoms with van der Waals surface area (Å²) in [4.78, 5) is 6.60. The van der Waals surface area contributed by atoms with Crippen molar-refractivity contribution < 1.29 is 0 Å². The zero-order valence-electron chi connectivity index (χ0n) is 8.39. The Hall–Kier alpha value is -0.530. The number of rotatable bonds is 1. The van der Waals surface area contributed by atoms with Gasteiger partial charge >= 0.3 is 0 Å². The molecular weight excluding hydrogens is 136 g/mol. The first-order valence-electron chi connectivity index (χ1n) is 4.49. The van der Waals surface area contributed by atoms with Gasteiger partial charge in [-0.05, 0) is 20.8 Å². The van der Waals surface area contributed by atoms with Crippen LogP contribution < -0.4 is 0 Å². The van der Waals surface area contributed by atoms with Crippen LogP contribution in [0.15, 0.2) is 4.99 Å². The van der Waals surface area contributed by atoms with Crippen LogP contribution in [0, 0.1) is 0 Å². The van der Waals surface area contributed by atoms with E-state index in [1.807, 2.05) is 13.8 Å². The van der Waals surface area contributed by atoms with Crippen LogP contribution in [-0.2, 0) is 0 Å². The van der Waals surface area contributed by atoms with Gasteiger partial charge in [-0.15, -0.1) is 0 Å². The molecule has 0 N–H and O–H groups in total. The zero-order valence-corrected chi connectivity index (χ0v) is 8.39. The standard InChI is InChI=1S/C7H14N2.C2H6/c1-6(2)9-5-4-8-7(9)3;1-2/h6H,4-5H2,1-3H3;1-2H3. The second-order valence-electron chi connectivity index (χ2n) is 2.72. The van der Waals surface area contributed by atoms with Crippen LogP contribution in [0.3, 0.4) is 0 Å². The van der Waals surface area contributed by atoms with Crippen molar-refractivity contribution in [2.45, 2.75) is 40.7 Å². The van der Waals surface area contributed by atoms with Gasteiger partial charge in [-0.1, -0.05) is 13.8 Å². The van der Waals surface area contributed by atoms with Crippen LogP contribution in [-0.4, -0.2) is 29.9 Å². The number of nitrogens with zero attached hydrogens (tertiary/aromatic N) is 2. The molecule has 0 aromatic rings. The minimum absolute atomic E-state index is 0.622. The molecule has 1 heterocycles. The van der Waals surface area contributed by atoms with Crippen LogP contribution in [0.4, 0.5) is 0 Å². The van der Waals surface area contributed by atoms with Crippen molar-refractivity contribution in [2.24, 2.45) is 4.99 Å². The molecule has 1 aliphatic heterocycles. The summed E-state index contributed by atoms with van der Waals surface area (Å²) in [6.07, 6.45) is 0. The molecule has 0 aromatic heterocycles. The lowest BCUT2D eigenvalue weighted by Crippen LogP contribution is -2.32. The molecule has 1 rings (SSSR count). The quantitative estimate of drug-likeness (QED) is 0.568. The first kappa shape index (κ1) is 10.5. The second kappa shape index (κ2) is 5.16. The lowest BCUT2D eigenvalue weighted by molar-refractivity contribution is 0.379. The summed E-state index contributed by atoms with van der Waals surface area (Å²) < 4.78 is 0. The third kappa shape index (κ3) is 2.91. The molecule has 0 unspecified atom stereocenters. The van der Waals surface area contributed by atoms with Crippen LogP contribution in [0.1, 0.15) is 34.6 Å². The summed E-state index contributed by atoms with van der Waals surface area (Å²) in [5.74, 6) is 1.20. The fourth-order valence-corrected chi connectivity index (χ4v) is 1.20. The number of hydrogen-bond acceptors (Lipinski definition) is 2. The number of amidine groups is 1. The van der Waals surface area contributed by atoms with Gasteiger partial charge in [0.2, 0.25) is 0 Å². The third-order valence-corrected chi connectivity index (χ3v) is 1.72. The summed E-state index contributed by atoms with van der Waals surface area (Å²) in [7, 11) is 0. The summed E-state index contributed by atoms with van der Waals surface area (Å²) in [5.41, 5.74) is 0. The Labute approximate surface area is 70.3 Å². The maximum absolute atomic E-state index is 4.28.